The summed E-state index contributed by atoms with van der Waals surface area (Å²) in [5.41, 5.74) is 0. The molecule has 2 heteroatoms. The first-order valence-corrected chi connectivity index (χ1v) is 8.39. The van der Waals surface area contributed by atoms with Gasteiger partial charge in [0.1, 0.15) is 0 Å². The van der Waals surface area contributed by atoms with E-state index in [9.17, 15) is 0 Å². The van der Waals surface area contributed by atoms with Crippen molar-refractivity contribution in [3.63, 3.8) is 0 Å². The van der Waals surface area contributed by atoms with Crippen LogP contribution < -0.4 is 5.32 Å². The Morgan fingerprint density at radius 2 is 1.65 bits per heavy atom. The fourth-order valence-corrected chi connectivity index (χ4v) is 3.45. The van der Waals surface area contributed by atoms with Crippen molar-refractivity contribution in [3.8, 4) is 0 Å². The largest absolute Gasteiger partial charge is 0.313 e. The summed E-state index contributed by atoms with van der Waals surface area (Å²) in [5, 5.41) is 5.29. The first-order chi connectivity index (χ1) is 8.06. The Balaban J connectivity index is 4.32. The van der Waals surface area contributed by atoms with Crippen LogP contribution in [0.15, 0.2) is 0 Å². The molecule has 1 N–H and O–H groups in total. The highest BCUT2D eigenvalue weighted by Crippen LogP contribution is 2.29. The lowest BCUT2D eigenvalue weighted by atomic mass is 10.1. The Bertz CT molecular complexity index is 170. The van der Waals surface area contributed by atoms with E-state index in [1.807, 2.05) is 0 Å². The van der Waals surface area contributed by atoms with Crippen LogP contribution in [0.4, 0.5) is 0 Å². The lowest BCUT2D eigenvalue weighted by Crippen LogP contribution is -2.39. The minimum absolute atomic E-state index is 0.705. The summed E-state index contributed by atoms with van der Waals surface area (Å²) < 4.78 is 0. The van der Waals surface area contributed by atoms with Crippen LogP contribution in [0.1, 0.15) is 67.2 Å². The van der Waals surface area contributed by atoms with Crippen molar-refractivity contribution in [2.75, 3.05) is 6.54 Å². The lowest BCUT2D eigenvalue weighted by Gasteiger charge is -2.30. The summed E-state index contributed by atoms with van der Waals surface area (Å²) in [6, 6.07) is 0.705. The molecule has 0 saturated carbocycles. The summed E-state index contributed by atoms with van der Waals surface area (Å²) in [6.07, 6.45) is 5.12. The van der Waals surface area contributed by atoms with Gasteiger partial charge in [0.15, 0.2) is 0 Å². The average molecular weight is 260 g/mol. The fourth-order valence-electron chi connectivity index (χ4n) is 1.97. The molecule has 0 aliphatic rings. The molecule has 0 radical (unpaired) electrons. The number of nitrogens with one attached hydrogen (secondary N) is 1. The molecule has 1 nitrogen and oxygen atoms in total. The molecule has 0 heterocycles. The first kappa shape index (κ1) is 17.3. The molecule has 0 aromatic carbocycles. The first-order valence-electron chi connectivity index (χ1n) is 7.45. The van der Waals surface area contributed by atoms with Crippen LogP contribution in [0, 0.1) is 5.92 Å². The topological polar surface area (TPSA) is 12.0 Å². The fraction of sp³-hybridized carbons (Fsp3) is 1.00. The predicted octanol–water partition coefficient (Wildman–Crippen LogP) is 4.71. The molecular formula is C15H33NS. The Labute approximate surface area is 114 Å². The van der Waals surface area contributed by atoms with Gasteiger partial charge in [0.25, 0.3) is 0 Å². The highest BCUT2D eigenvalue weighted by Gasteiger charge is 2.22. The molecule has 0 aromatic rings. The van der Waals surface area contributed by atoms with Gasteiger partial charge in [-0.2, -0.15) is 11.8 Å². The Hall–Kier alpha value is 0.310. The van der Waals surface area contributed by atoms with Crippen molar-refractivity contribution in [3.05, 3.63) is 0 Å². The third-order valence-electron chi connectivity index (χ3n) is 3.44. The lowest BCUT2D eigenvalue weighted by molar-refractivity contribution is 0.452. The SMILES string of the molecule is CCCNC(CCC)C(CC)SC(C)C(C)C. The van der Waals surface area contributed by atoms with E-state index in [-0.39, 0.29) is 0 Å². The van der Waals surface area contributed by atoms with Gasteiger partial charge in [-0.05, 0) is 31.7 Å². The Morgan fingerprint density at radius 3 is 2.06 bits per heavy atom. The van der Waals surface area contributed by atoms with Crippen LogP contribution in [0.25, 0.3) is 0 Å². The molecule has 0 rings (SSSR count). The standard InChI is InChI=1S/C15H33NS/c1-7-10-14(16-11-8-2)15(9-3)17-13(6)12(4)5/h12-16H,7-11H2,1-6H3. The highest BCUT2D eigenvalue weighted by atomic mass is 32.2. The quantitative estimate of drug-likeness (QED) is 0.610. The Kier molecular flexibility index (Phi) is 10.4. The second-order valence-electron chi connectivity index (χ2n) is 5.38. The molecular weight excluding hydrogens is 226 g/mol. The molecule has 0 aliphatic carbocycles. The smallest absolute Gasteiger partial charge is 0.0201 e. The molecule has 0 bridgehead atoms. The van der Waals surface area contributed by atoms with Crippen molar-refractivity contribution in [1.29, 1.82) is 0 Å². The maximum atomic E-state index is 3.74. The summed E-state index contributed by atoms with van der Waals surface area (Å²) in [7, 11) is 0. The predicted molar refractivity (Wildman–Crippen MR) is 83.0 cm³/mol. The van der Waals surface area contributed by atoms with Gasteiger partial charge in [-0.25, -0.2) is 0 Å². The molecule has 3 unspecified atom stereocenters. The highest BCUT2D eigenvalue weighted by molar-refractivity contribution is 8.00. The van der Waals surface area contributed by atoms with Gasteiger partial charge >= 0.3 is 0 Å². The molecule has 0 aliphatic heterocycles. The van der Waals surface area contributed by atoms with E-state index in [0.717, 1.165) is 23.0 Å². The summed E-state index contributed by atoms with van der Waals surface area (Å²) >= 11 is 2.19. The van der Waals surface area contributed by atoms with Crippen LogP contribution in [-0.2, 0) is 0 Å². The molecule has 0 fully saturated rings. The normalized spacial score (nSPS) is 17.1. The third kappa shape index (κ3) is 7.35. The van der Waals surface area contributed by atoms with E-state index >= 15 is 0 Å². The second-order valence-corrected chi connectivity index (χ2v) is 7.00. The van der Waals surface area contributed by atoms with E-state index in [1.165, 1.54) is 25.7 Å². The molecule has 104 valence electrons. The monoisotopic (exact) mass is 259 g/mol. The van der Waals surface area contributed by atoms with Gasteiger partial charge in [-0.15, -0.1) is 0 Å². The van der Waals surface area contributed by atoms with E-state index in [2.05, 4.69) is 58.6 Å². The van der Waals surface area contributed by atoms with Gasteiger partial charge in [0.05, 0.1) is 0 Å². The van der Waals surface area contributed by atoms with Crippen LogP contribution in [0.3, 0.4) is 0 Å². The zero-order valence-corrected chi connectivity index (χ0v) is 13.6. The van der Waals surface area contributed by atoms with Gasteiger partial charge in [-0.3, -0.25) is 0 Å². The molecule has 0 amide bonds. The average Bonchev–Trinajstić information content (AvgIpc) is 2.31. The second kappa shape index (κ2) is 10.3. The van der Waals surface area contributed by atoms with Crippen molar-refractivity contribution < 1.29 is 0 Å². The summed E-state index contributed by atoms with van der Waals surface area (Å²) in [5.74, 6) is 0.780. The van der Waals surface area contributed by atoms with E-state index in [0.29, 0.717) is 6.04 Å². The zero-order valence-electron chi connectivity index (χ0n) is 12.8. The maximum absolute atomic E-state index is 3.74. The molecule has 0 saturated heterocycles. The van der Waals surface area contributed by atoms with Crippen molar-refractivity contribution in [2.24, 2.45) is 5.92 Å². The number of hydrogen-bond acceptors (Lipinski definition) is 2. The van der Waals surface area contributed by atoms with E-state index < -0.39 is 0 Å². The number of rotatable bonds is 10. The summed E-state index contributed by atoms with van der Waals surface area (Å²) in [4.78, 5) is 0. The zero-order chi connectivity index (χ0) is 13.3. The van der Waals surface area contributed by atoms with E-state index in [1.54, 1.807) is 0 Å². The van der Waals surface area contributed by atoms with Crippen molar-refractivity contribution >= 4 is 11.8 Å². The molecule has 17 heavy (non-hydrogen) atoms. The number of hydrogen-bond donors (Lipinski definition) is 1. The number of thioether (sulfide) groups is 1. The van der Waals surface area contributed by atoms with Crippen molar-refractivity contribution in [1.82, 2.24) is 5.32 Å². The van der Waals surface area contributed by atoms with Crippen LogP contribution >= 0.6 is 11.8 Å². The van der Waals surface area contributed by atoms with Crippen LogP contribution in [-0.4, -0.2) is 23.1 Å². The van der Waals surface area contributed by atoms with Gasteiger partial charge < -0.3 is 5.32 Å². The minimum Gasteiger partial charge on any atom is -0.313 e. The Morgan fingerprint density at radius 1 is 1.00 bits per heavy atom. The van der Waals surface area contributed by atoms with Gasteiger partial charge in [0, 0.05) is 16.5 Å². The third-order valence-corrected chi connectivity index (χ3v) is 5.42. The van der Waals surface area contributed by atoms with Gasteiger partial charge in [-0.1, -0.05) is 48.0 Å². The van der Waals surface area contributed by atoms with E-state index in [4.69, 9.17) is 0 Å². The molecule has 0 spiro atoms. The summed E-state index contributed by atoms with van der Waals surface area (Å²) in [6.45, 7) is 15.1. The van der Waals surface area contributed by atoms with Crippen LogP contribution in [0.2, 0.25) is 0 Å². The maximum Gasteiger partial charge on any atom is 0.0201 e. The van der Waals surface area contributed by atoms with Crippen molar-refractivity contribution in [2.45, 2.75) is 83.8 Å². The minimum atomic E-state index is 0.705. The molecule has 0 aromatic heterocycles. The van der Waals surface area contributed by atoms with Gasteiger partial charge in [0.2, 0.25) is 0 Å². The molecule has 3 atom stereocenters. The van der Waals surface area contributed by atoms with Crippen LogP contribution in [0.5, 0.6) is 0 Å².